The Morgan fingerprint density at radius 2 is 2.00 bits per heavy atom. The third-order valence-electron chi connectivity index (χ3n) is 2.24. The lowest BCUT2D eigenvalue weighted by Gasteiger charge is -2.19. The molecule has 0 fully saturated rings. The zero-order valence-corrected chi connectivity index (χ0v) is 8.83. The third-order valence-corrected chi connectivity index (χ3v) is 2.24. The van der Waals surface area contributed by atoms with E-state index in [1.807, 2.05) is 13.8 Å². The van der Waals surface area contributed by atoms with Gasteiger partial charge in [-0.1, -0.05) is 0 Å². The minimum absolute atomic E-state index is 0.0127. The summed E-state index contributed by atoms with van der Waals surface area (Å²) in [6, 6.07) is 3.36. The van der Waals surface area contributed by atoms with E-state index in [0.29, 0.717) is 13.1 Å². The second kappa shape index (κ2) is 4.77. The molecule has 0 aliphatic carbocycles. The number of benzene rings is 1. The lowest BCUT2D eigenvalue weighted by molar-refractivity contribution is 0.0769. The van der Waals surface area contributed by atoms with E-state index in [9.17, 15) is 14.3 Å². The summed E-state index contributed by atoms with van der Waals surface area (Å²) in [7, 11) is 0. The van der Waals surface area contributed by atoms with E-state index >= 15 is 0 Å². The number of aromatic hydroxyl groups is 1. The summed E-state index contributed by atoms with van der Waals surface area (Å²) in [4.78, 5) is 13.3. The van der Waals surface area contributed by atoms with Gasteiger partial charge < -0.3 is 10.0 Å². The van der Waals surface area contributed by atoms with Gasteiger partial charge in [0.25, 0.3) is 5.91 Å². The number of halogens is 1. The normalized spacial score (nSPS) is 10.1. The largest absolute Gasteiger partial charge is 0.507 e. The van der Waals surface area contributed by atoms with Crippen LogP contribution in [0.15, 0.2) is 18.2 Å². The number of carbonyl (C=O) groups excluding carboxylic acids is 1. The van der Waals surface area contributed by atoms with Crippen LogP contribution < -0.4 is 0 Å². The summed E-state index contributed by atoms with van der Waals surface area (Å²) in [6.07, 6.45) is 0. The highest BCUT2D eigenvalue weighted by molar-refractivity contribution is 5.96. The first-order chi connectivity index (χ1) is 7.10. The minimum atomic E-state index is -0.525. The van der Waals surface area contributed by atoms with E-state index in [1.54, 1.807) is 0 Å². The molecule has 0 aromatic heterocycles. The van der Waals surface area contributed by atoms with Crippen molar-refractivity contribution in [2.45, 2.75) is 13.8 Å². The van der Waals surface area contributed by atoms with Crippen molar-refractivity contribution in [1.82, 2.24) is 4.90 Å². The molecule has 0 spiro atoms. The summed E-state index contributed by atoms with van der Waals surface area (Å²) in [6.45, 7) is 4.73. The number of phenolic OH excluding ortho intramolecular Hbond substituents is 1. The van der Waals surface area contributed by atoms with E-state index in [4.69, 9.17) is 0 Å². The predicted octanol–water partition coefficient (Wildman–Crippen LogP) is 2.01. The molecular formula is C11H14FNO2. The predicted molar refractivity (Wildman–Crippen MR) is 55.3 cm³/mol. The maximum atomic E-state index is 12.9. The molecule has 82 valence electrons. The molecule has 0 atom stereocenters. The van der Waals surface area contributed by atoms with Crippen LogP contribution in [-0.2, 0) is 0 Å². The molecule has 3 nitrogen and oxygen atoms in total. The number of rotatable bonds is 3. The Labute approximate surface area is 88.1 Å². The Morgan fingerprint density at radius 3 is 2.53 bits per heavy atom. The third kappa shape index (κ3) is 2.46. The van der Waals surface area contributed by atoms with Crippen LogP contribution in [0.5, 0.6) is 5.75 Å². The zero-order chi connectivity index (χ0) is 11.4. The first kappa shape index (κ1) is 11.5. The van der Waals surface area contributed by atoms with Gasteiger partial charge in [-0.3, -0.25) is 4.79 Å². The van der Waals surface area contributed by atoms with Crippen molar-refractivity contribution in [3.05, 3.63) is 29.6 Å². The van der Waals surface area contributed by atoms with Crippen molar-refractivity contribution in [2.75, 3.05) is 13.1 Å². The van der Waals surface area contributed by atoms with Crippen LogP contribution in [0.4, 0.5) is 4.39 Å². The molecule has 1 aromatic rings. The number of carbonyl (C=O) groups is 1. The van der Waals surface area contributed by atoms with Crippen LogP contribution in [0.3, 0.4) is 0 Å². The highest BCUT2D eigenvalue weighted by atomic mass is 19.1. The molecule has 0 heterocycles. The van der Waals surface area contributed by atoms with Crippen LogP contribution in [0.1, 0.15) is 24.2 Å². The number of hydrogen-bond donors (Lipinski definition) is 1. The minimum Gasteiger partial charge on any atom is -0.507 e. The second-order valence-corrected chi connectivity index (χ2v) is 3.14. The quantitative estimate of drug-likeness (QED) is 0.830. The molecule has 1 rings (SSSR count). The molecule has 0 aliphatic rings. The van der Waals surface area contributed by atoms with Crippen molar-refractivity contribution in [3.8, 4) is 5.75 Å². The Kier molecular flexibility index (Phi) is 3.66. The van der Waals surface area contributed by atoms with Crippen LogP contribution in [0.2, 0.25) is 0 Å². The SMILES string of the molecule is CCN(CC)C(=O)c1cc(F)ccc1O. The molecule has 1 amide bonds. The average Bonchev–Trinajstić information content (AvgIpc) is 2.23. The van der Waals surface area contributed by atoms with E-state index in [-0.39, 0.29) is 17.2 Å². The molecule has 0 unspecified atom stereocenters. The Balaban J connectivity index is 3.04. The molecule has 4 heteroatoms. The summed E-state index contributed by atoms with van der Waals surface area (Å²) in [5, 5.41) is 9.43. The second-order valence-electron chi connectivity index (χ2n) is 3.14. The van der Waals surface area contributed by atoms with Crippen LogP contribution in [0.25, 0.3) is 0 Å². The molecule has 0 saturated carbocycles. The molecule has 0 radical (unpaired) electrons. The van der Waals surface area contributed by atoms with Gasteiger partial charge in [-0.15, -0.1) is 0 Å². The van der Waals surface area contributed by atoms with Gasteiger partial charge in [0, 0.05) is 13.1 Å². The van der Waals surface area contributed by atoms with Crippen molar-refractivity contribution in [1.29, 1.82) is 0 Å². The van der Waals surface area contributed by atoms with Crippen molar-refractivity contribution >= 4 is 5.91 Å². The van der Waals surface area contributed by atoms with Gasteiger partial charge in [0.15, 0.2) is 0 Å². The van der Waals surface area contributed by atoms with Crippen molar-refractivity contribution in [2.24, 2.45) is 0 Å². The van der Waals surface area contributed by atoms with Crippen molar-refractivity contribution < 1.29 is 14.3 Å². The lowest BCUT2D eigenvalue weighted by Crippen LogP contribution is -2.30. The van der Waals surface area contributed by atoms with Gasteiger partial charge in [-0.25, -0.2) is 4.39 Å². The fourth-order valence-corrected chi connectivity index (χ4v) is 1.36. The summed E-state index contributed by atoms with van der Waals surface area (Å²) < 4.78 is 12.9. The zero-order valence-electron chi connectivity index (χ0n) is 8.83. The Bertz CT molecular complexity index is 362. The standard InChI is InChI=1S/C11H14FNO2/c1-3-13(4-2)11(15)9-7-8(12)5-6-10(9)14/h5-7,14H,3-4H2,1-2H3. The number of hydrogen-bond acceptors (Lipinski definition) is 2. The maximum Gasteiger partial charge on any atom is 0.257 e. The molecule has 0 saturated heterocycles. The topological polar surface area (TPSA) is 40.5 Å². The fraction of sp³-hybridized carbons (Fsp3) is 0.364. The molecule has 1 N–H and O–H groups in total. The molecular weight excluding hydrogens is 197 g/mol. The van der Waals surface area contributed by atoms with Gasteiger partial charge in [0.1, 0.15) is 11.6 Å². The van der Waals surface area contributed by atoms with Gasteiger partial charge in [0.2, 0.25) is 0 Å². The van der Waals surface area contributed by atoms with Gasteiger partial charge >= 0.3 is 0 Å². The van der Waals surface area contributed by atoms with E-state index in [2.05, 4.69) is 0 Å². The Hall–Kier alpha value is -1.58. The van der Waals surface area contributed by atoms with E-state index in [0.717, 1.165) is 12.1 Å². The molecule has 1 aromatic carbocycles. The number of nitrogens with zero attached hydrogens (tertiary/aromatic N) is 1. The van der Waals surface area contributed by atoms with Gasteiger partial charge in [-0.2, -0.15) is 0 Å². The maximum absolute atomic E-state index is 12.9. The highest BCUT2D eigenvalue weighted by Crippen LogP contribution is 2.19. The summed E-state index contributed by atoms with van der Waals surface area (Å²) in [5.74, 6) is -1.06. The molecule has 15 heavy (non-hydrogen) atoms. The van der Waals surface area contributed by atoms with Gasteiger partial charge in [-0.05, 0) is 32.0 Å². The monoisotopic (exact) mass is 211 g/mol. The lowest BCUT2D eigenvalue weighted by atomic mass is 10.1. The van der Waals surface area contributed by atoms with Gasteiger partial charge in [0.05, 0.1) is 5.56 Å². The van der Waals surface area contributed by atoms with E-state index < -0.39 is 5.82 Å². The molecule has 0 aliphatic heterocycles. The van der Waals surface area contributed by atoms with Crippen LogP contribution >= 0.6 is 0 Å². The molecule has 0 bridgehead atoms. The number of phenols is 1. The number of amides is 1. The summed E-state index contributed by atoms with van der Waals surface area (Å²) in [5.41, 5.74) is 0.0127. The highest BCUT2D eigenvalue weighted by Gasteiger charge is 2.16. The van der Waals surface area contributed by atoms with Crippen LogP contribution in [-0.4, -0.2) is 29.0 Å². The average molecular weight is 211 g/mol. The fourth-order valence-electron chi connectivity index (χ4n) is 1.36. The Morgan fingerprint density at radius 1 is 1.40 bits per heavy atom. The first-order valence-electron chi connectivity index (χ1n) is 4.88. The van der Waals surface area contributed by atoms with E-state index in [1.165, 1.54) is 11.0 Å². The summed E-state index contributed by atoms with van der Waals surface area (Å²) >= 11 is 0. The first-order valence-corrected chi connectivity index (χ1v) is 4.88. The van der Waals surface area contributed by atoms with Crippen molar-refractivity contribution in [3.63, 3.8) is 0 Å². The smallest absolute Gasteiger partial charge is 0.257 e. The van der Waals surface area contributed by atoms with Crippen LogP contribution in [0, 0.1) is 5.82 Å².